The molecule has 0 atom stereocenters. The molecule has 10 heteroatoms. The van der Waals surface area contributed by atoms with Gasteiger partial charge in [-0.25, -0.2) is 17.5 Å². The number of sulfonamides is 1. The van der Waals surface area contributed by atoms with Crippen LogP contribution in [-0.2, 0) is 25.3 Å². The topological polar surface area (TPSA) is 92.8 Å². The van der Waals surface area contributed by atoms with Crippen LogP contribution in [0.25, 0.3) is 0 Å². The number of hydrogen-bond donors (Lipinski definition) is 1. The summed E-state index contributed by atoms with van der Waals surface area (Å²) in [4.78, 5) is 24.4. The molecule has 1 heterocycles. The maximum atomic E-state index is 12.7. The molecule has 1 amide bonds. The number of methoxy groups -OCH3 is 1. The minimum absolute atomic E-state index is 0.0763. The Morgan fingerprint density at radius 2 is 1.81 bits per heavy atom. The first-order valence-corrected chi connectivity index (χ1v) is 12.4. The van der Waals surface area contributed by atoms with E-state index in [1.165, 1.54) is 29.6 Å². The van der Waals surface area contributed by atoms with Crippen molar-refractivity contribution in [3.63, 3.8) is 0 Å². The van der Waals surface area contributed by atoms with Gasteiger partial charge in [0.25, 0.3) is 0 Å². The van der Waals surface area contributed by atoms with E-state index in [0.717, 1.165) is 4.47 Å². The summed E-state index contributed by atoms with van der Waals surface area (Å²) in [5.74, 6) is -1.21. The number of nitrogens with one attached hydrogen (secondary N) is 1. The van der Waals surface area contributed by atoms with Crippen molar-refractivity contribution in [1.82, 2.24) is 4.31 Å². The van der Waals surface area contributed by atoms with Crippen LogP contribution in [0.4, 0.5) is 5.69 Å². The first-order chi connectivity index (χ1) is 14.7. The van der Waals surface area contributed by atoms with Crippen molar-refractivity contribution >= 4 is 55.1 Å². The van der Waals surface area contributed by atoms with Crippen molar-refractivity contribution in [2.24, 2.45) is 5.92 Å². The molecule has 3 rings (SSSR count). The van der Waals surface area contributed by atoms with Crippen molar-refractivity contribution in [1.29, 1.82) is 0 Å². The highest BCUT2D eigenvalue weighted by atomic mass is 79.9. The van der Waals surface area contributed by atoms with Gasteiger partial charge in [0.15, 0.2) is 0 Å². The lowest BCUT2D eigenvalue weighted by Gasteiger charge is -2.30. The Bertz CT molecular complexity index is 1070. The van der Waals surface area contributed by atoms with Gasteiger partial charge in [-0.2, -0.15) is 0 Å². The van der Waals surface area contributed by atoms with E-state index in [-0.39, 0.29) is 36.2 Å². The number of piperidine rings is 1. The van der Waals surface area contributed by atoms with Gasteiger partial charge in [-0.3, -0.25) is 4.79 Å². The van der Waals surface area contributed by atoms with Gasteiger partial charge >= 0.3 is 5.97 Å². The predicted molar refractivity (Wildman–Crippen MR) is 122 cm³/mol. The fourth-order valence-corrected chi connectivity index (χ4v) is 5.37. The van der Waals surface area contributed by atoms with E-state index < -0.39 is 16.0 Å². The van der Waals surface area contributed by atoms with E-state index in [9.17, 15) is 18.0 Å². The average Bonchev–Trinajstić information content (AvgIpc) is 2.76. The number of carbonyl (C=O) groups excluding carboxylic acids is 2. The molecule has 0 radical (unpaired) electrons. The maximum Gasteiger partial charge on any atom is 0.337 e. The lowest BCUT2D eigenvalue weighted by atomic mass is 9.97. The Morgan fingerprint density at radius 3 is 2.42 bits per heavy atom. The number of anilines is 1. The molecule has 7 nitrogen and oxygen atoms in total. The lowest BCUT2D eigenvalue weighted by Crippen LogP contribution is -2.41. The number of ether oxygens (including phenoxy) is 1. The van der Waals surface area contributed by atoms with Crippen molar-refractivity contribution < 1.29 is 22.7 Å². The van der Waals surface area contributed by atoms with Crippen molar-refractivity contribution in [3.8, 4) is 0 Å². The van der Waals surface area contributed by atoms with Gasteiger partial charge in [-0.15, -0.1) is 0 Å². The smallest absolute Gasteiger partial charge is 0.337 e. The molecule has 1 N–H and O–H groups in total. The number of benzene rings is 2. The van der Waals surface area contributed by atoms with E-state index in [1.807, 2.05) is 12.1 Å². The first-order valence-electron chi connectivity index (χ1n) is 9.60. The monoisotopic (exact) mass is 528 g/mol. The molecule has 2 aromatic rings. The number of halogens is 2. The minimum atomic E-state index is -3.47. The largest absolute Gasteiger partial charge is 0.465 e. The number of hydrogen-bond acceptors (Lipinski definition) is 5. The van der Waals surface area contributed by atoms with Crippen LogP contribution in [0.15, 0.2) is 46.9 Å². The number of esters is 1. The van der Waals surface area contributed by atoms with Crippen LogP contribution >= 0.6 is 27.5 Å². The molecule has 166 valence electrons. The molecule has 2 aromatic carbocycles. The zero-order valence-electron chi connectivity index (χ0n) is 16.8. The minimum Gasteiger partial charge on any atom is -0.465 e. The van der Waals surface area contributed by atoms with E-state index in [2.05, 4.69) is 26.0 Å². The fraction of sp³-hybridized carbons (Fsp3) is 0.333. The van der Waals surface area contributed by atoms with E-state index in [1.54, 1.807) is 12.1 Å². The van der Waals surface area contributed by atoms with Gasteiger partial charge < -0.3 is 10.1 Å². The molecule has 0 spiro atoms. The quantitative estimate of drug-likeness (QED) is 0.570. The van der Waals surface area contributed by atoms with Crippen LogP contribution in [0.2, 0.25) is 5.02 Å². The second-order valence-corrected chi connectivity index (χ2v) is 10.5. The average molecular weight is 530 g/mol. The maximum absolute atomic E-state index is 12.7. The van der Waals surface area contributed by atoms with Crippen molar-refractivity contribution in [2.45, 2.75) is 18.6 Å². The Kier molecular flexibility index (Phi) is 7.74. The molecule has 1 fully saturated rings. The van der Waals surface area contributed by atoms with Gasteiger partial charge in [0.1, 0.15) is 0 Å². The molecule has 0 bridgehead atoms. The summed E-state index contributed by atoms with van der Waals surface area (Å²) in [6.45, 7) is 0.541. The normalized spacial score (nSPS) is 15.5. The van der Waals surface area contributed by atoms with Crippen LogP contribution in [0.3, 0.4) is 0 Å². The zero-order chi connectivity index (χ0) is 22.6. The Balaban J connectivity index is 1.59. The Hall–Kier alpha value is -1.94. The third kappa shape index (κ3) is 6.06. The third-order valence-electron chi connectivity index (χ3n) is 5.13. The number of rotatable bonds is 6. The number of amides is 1. The molecule has 1 aliphatic heterocycles. The second-order valence-electron chi connectivity index (χ2n) is 7.23. The van der Waals surface area contributed by atoms with Crippen LogP contribution in [-0.4, -0.2) is 44.8 Å². The van der Waals surface area contributed by atoms with Crippen LogP contribution < -0.4 is 5.32 Å². The highest BCUT2D eigenvalue weighted by Gasteiger charge is 2.31. The lowest BCUT2D eigenvalue weighted by molar-refractivity contribution is -0.120. The fourth-order valence-electron chi connectivity index (χ4n) is 3.38. The summed E-state index contributed by atoms with van der Waals surface area (Å²) in [5.41, 5.74) is 1.30. The van der Waals surface area contributed by atoms with Gasteiger partial charge in [0.2, 0.25) is 15.9 Å². The van der Waals surface area contributed by atoms with E-state index in [4.69, 9.17) is 11.6 Å². The van der Waals surface area contributed by atoms with Gasteiger partial charge in [0.05, 0.1) is 29.1 Å². The summed E-state index contributed by atoms with van der Waals surface area (Å²) in [7, 11) is -2.20. The third-order valence-corrected chi connectivity index (χ3v) is 7.83. The summed E-state index contributed by atoms with van der Waals surface area (Å²) in [6, 6.07) is 11.6. The Labute approximate surface area is 194 Å². The molecular formula is C21H22BrClN2O5S. The standard InChI is InChI=1S/C21H22BrClN2O5S/c1-30-21(27)16-4-7-18(23)19(12-16)24-20(26)15-8-10-25(11-9-15)31(28,29)13-14-2-5-17(22)6-3-14/h2-7,12,15H,8-11,13H2,1H3,(H,24,26). The Morgan fingerprint density at radius 1 is 1.16 bits per heavy atom. The predicted octanol–water partition coefficient (Wildman–Crippen LogP) is 4.07. The van der Waals surface area contributed by atoms with Crippen LogP contribution in [0.1, 0.15) is 28.8 Å². The zero-order valence-corrected chi connectivity index (χ0v) is 20.0. The van der Waals surface area contributed by atoms with Crippen LogP contribution in [0, 0.1) is 5.92 Å². The summed E-state index contributed by atoms with van der Waals surface area (Å²) >= 11 is 9.48. The first kappa shape index (κ1) is 23.7. The van der Waals surface area contributed by atoms with Crippen molar-refractivity contribution in [2.75, 3.05) is 25.5 Å². The van der Waals surface area contributed by atoms with Crippen molar-refractivity contribution in [3.05, 3.63) is 63.1 Å². The number of nitrogens with zero attached hydrogens (tertiary/aromatic N) is 1. The number of carbonyl (C=O) groups is 2. The molecular weight excluding hydrogens is 508 g/mol. The van der Waals surface area contributed by atoms with E-state index >= 15 is 0 Å². The molecule has 0 aromatic heterocycles. The SMILES string of the molecule is COC(=O)c1ccc(Cl)c(NC(=O)C2CCN(S(=O)(=O)Cc3ccc(Br)cc3)CC2)c1. The second kappa shape index (κ2) is 10.1. The van der Waals surface area contributed by atoms with Gasteiger partial charge in [-0.05, 0) is 48.7 Å². The molecule has 0 aliphatic carbocycles. The highest BCUT2D eigenvalue weighted by Crippen LogP contribution is 2.27. The van der Waals surface area contributed by atoms with Gasteiger partial charge in [-0.1, -0.05) is 39.7 Å². The van der Waals surface area contributed by atoms with Crippen LogP contribution in [0.5, 0.6) is 0 Å². The molecule has 0 unspecified atom stereocenters. The molecule has 1 saturated heterocycles. The highest BCUT2D eigenvalue weighted by molar-refractivity contribution is 9.10. The van der Waals surface area contributed by atoms with E-state index in [0.29, 0.717) is 29.1 Å². The van der Waals surface area contributed by atoms with Gasteiger partial charge in [0, 0.05) is 23.5 Å². The summed E-state index contributed by atoms with van der Waals surface area (Å²) in [5, 5.41) is 3.05. The molecule has 31 heavy (non-hydrogen) atoms. The summed E-state index contributed by atoms with van der Waals surface area (Å²) in [6.07, 6.45) is 0.805. The molecule has 0 saturated carbocycles. The molecule has 1 aliphatic rings. The summed E-state index contributed by atoms with van der Waals surface area (Å²) < 4.78 is 32.5.